The molecule has 0 radical (unpaired) electrons. The van der Waals surface area contributed by atoms with Crippen LogP contribution in [0.5, 0.6) is 5.75 Å². The molecule has 0 atom stereocenters. The molecule has 1 aliphatic rings. The molecule has 4 rings (SSSR count). The maximum Gasteiger partial charge on any atom is 0.118 e. The van der Waals surface area contributed by atoms with Crippen molar-refractivity contribution < 1.29 is 4.74 Å². The SMILES string of the molecule is COc1ccc(CC2(C)c3ccsc3-c3sccc32)cc1. The van der Waals surface area contributed by atoms with E-state index in [1.54, 1.807) is 7.11 Å². The first-order valence-corrected chi connectivity index (χ1v) is 8.77. The summed E-state index contributed by atoms with van der Waals surface area (Å²) >= 11 is 3.74. The molecular weight excluding hydrogens is 296 g/mol. The van der Waals surface area contributed by atoms with Crippen LogP contribution in [-0.2, 0) is 11.8 Å². The third kappa shape index (κ3) is 1.88. The number of hydrogen-bond donors (Lipinski definition) is 0. The number of methoxy groups -OCH3 is 1. The minimum atomic E-state index is 0.0965. The van der Waals surface area contributed by atoms with E-state index in [4.69, 9.17) is 4.74 Å². The number of benzene rings is 1. The maximum atomic E-state index is 5.26. The van der Waals surface area contributed by atoms with Crippen molar-refractivity contribution in [1.29, 1.82) is 0 Å². The molecule has 21 heavy (non-hydrogen) atoms. The highest BCUT2D eigenvalue weighted by atomic mass is 32.1. The van der Waals surface area contributed by atoms with Crippen molar-refractivity contribution in [1.82, 2.24) is 0 Å². The van der Waals surface area contributed by atoms with Crippen LogP contribution in [-0.4, -0.2) is 7.11 Å². The van der Waals surface area contributed by atoms with E-state index in [0.29, 0.717) is 0 Å². The smallest absolute Gasteiger partial charge is 0.118 e. The largest absolute Gasteiger partial charge is 0.497 e. The standard InChI is InChI=1S/C18H16OS2/c1-18(11-12-3-5-13(19-2)6-4-12)14-7-9-20-16(14)17-15(18)8-10-21-17/h3-10H,11H2,1-2H3. The quantitative estimate of drug-likeness (QED) is 0.633. The first-order valence-electron chi connectivity index (χ1n) is 7.01. The molecule has 0 fully saturated rings. The van der Waals surface area contributed by atoms with Crippen LogP contribution >= 0.6 is 22.7 Å². The highest BCUT2D eigenvalue weighted by molar-refractivity contribution is 7.21. The number of rotatable bonds is 3. The topological polar surface area (TPSA) is 9.23 Å². The van der Waals surface area contributed by atoms with Gasteiger partial charge in [-0.05, 0) is 58.1 Å². The van der Waals surface area contributed by atoms with Gasteiger partial charge in [0.05, 0.1) is 7.11 Å². The first-order chi connectivity index (χ1) is 10.2. The van der Waals surface area contributed by atoms with Gasteiger partial charge in [-0.25, -0.2) is 0 Å². The van der Waals surface area contributed by atoms with E-state index in [1.165, 1.54) is 26.4 Å². The normalized spacial score (nSPS) is 14.8. The first kappa shape index (κ1) is 13.1. The van der Waals surface area contributed by atoms with Crippen molar-refractivity contribution in [3.05, 3.63) is 63.8 Å². The molecule has 0 saturated heterocycles. The Balaban J connectivity index is 1.77. The van der Waals surface area contributed by atoms with Gasteiger partial charge in [0.25, 0.3) is 0 Å². The summed E-state index contributed by atoms with van der Waals surface area (Å²) in [6.45, 7) is 2.38. The third-order valence-electron chi connectivity index (χ3n) is 4.44. The lowest BCUT2D eigenvalue weighted by atomic mass is 9.76. The molecule has 3 heteroatoms. The number of fused-ring (bicyclic) bond motifs is 3. The molecule has 3 aromatic rings. The lowest BCUT2D eigenvalue weighted by molar-refractivity contribution is 0.414. The fourth-order valence-electron chi connectivity index (χ4n) is 3.33. The molecule has 1 nitrogen and oxygen atoms in total. The zero-order valence-corrected chi connectivity index (χ0v) is 13.7. The average Bonchev–Trinajstić information content (AvgIpc) is 3.19. The summed E-state index contributed by atoms with van der Waals surface area (Å²) in [7, 11) is 1.71. The molecule has 2 heterocycles. The lowest BCUT2D eigenvalue weighted by Crippen LogP contribution is -2.23. The van der Waals surface area contributed by atoms with Gasteiger partial charge < -0.3 is 4.74 Å². The van der Waals surface area contributed by atoms with Crippen LogP contribution in [0.3, 0.4) is 0 Å². The fourth-order valence-corrected chi connectivity index (χ4v) is 5.57. The Kier molecular flexibility index (Phi) is 2.95. The van der Waals surface area contributed by atoms with Crippen molar-refractivity contribution >= 4 is 22.7 Å². The van der Waals surface area contributed by atoms with E-state index < -0.39 is 0 Å². The summed E-state index contributed by atoms with van der Waals surface area (Å²) < 4.78 is 5.26. The molecule has 0 amide bonds. The summed E-state index contributed by atoms with van der Waals surface area (Å²) in [6, 6.07) is 13.1. The Morgan fingerprint density at radius 2 is 1.48 bits per heavy atom. The van der Waals surface area contributed by atoms with Crippen LogP contribution in [0.2, 0.25) is 0 Å². The molecule has 106 valence electrons. The second kappa shape index (κ2) is 4.72. The Hall–Kier alpha value is -1.58. The minimum absolute atomic E-state index is 0.0965. The predicted octanol–water partition coefficient (Wildman–Crippen LogP) is 5.35. The molecular formula is C18H16OS2. The van der Waals surface area contributed by atoms with Gasteiger partial charge >= 0.3 is 0 Å². The van der Waals surface area contributed by atoms with Gasteiger partial charge in [-0.3, -0.25) is 0 Å². The van der Waals surface area contributed by atoms with Crippen LogP contribution < -0.4 is 4.74 Å². The Morgan fingerprint density at radius 1 is 0.905 bits per heavy atom. The summed E-state index contributed by atoms with van der Waals surface area (Å²) in [6.07, 6.45) is 1.03. The van der Waals surface area contributed by atoms with Crippen molar-refractivity contribution in [2.45, 2.75) is 18.8 Å². The van der Waals surface area contributed by atoms with Gasteiger partial charge in [0, 0.05) is 15.2 Å². The second-order valence-corrected chi connectivity index (χ2v) is 7.52. The van der Waals surface area contributed by atoms with E-state index in [2.05, 4.69) is 54.1 Å². The van der Waals surface area contributed by atoms with Gasteiger partial charge in [-0.2, -0.15) is 0 Å². The lowest BCUT2D eigenvalue weighted by Gasteiger charge is -2.26. The highest BCUT2D eigenvalue weighted by Crippen LogP contribution is 2.54. The summed E-state index contributed by atoms with van der Waals surface area (Å²) in [5, 5.41) is 4.44. The number of thiophene rings is 2. The van der Waals surface area contributed by atoms with Crippen LogP contribution in [0.4, 0.5) is 0 Å². The van der Waals surface area contributed by atoms with Crippen molar-refractivity contribution in [3.8, 4) is 15.5 Å². The van der Waals surface area contributed by atoms with E-state index in [9.17, 15) is 0 Å². The molecule has 0 bridgehead atoms. The van der Waals surface area contributed by atoms with E-state index in [-0.39, 0.29) is 5.41 Å². The molecule has 2 aromatic heterocycles. The Bertz CT molecular complexity index is 739. The molecule has 1 aliphatic carbocycles. The van der Waals surface area contributed by atoms with E-state index >= 15 is 0 Å². The van der Waals surface area contributed by atoms with E-state index in [0.717, 1.165) is 12.2 Å². The minimum Gasteiger partial charge on any atom is -0.497 e. The molecule has 0 saturated carbocycles. The fraction of sp³-hybridized carbons (Fsp3) is 0.222. The summed E-state index contributed by atoms with van der Waals surface area (Å²) in [4.78, 5) is 2.94. The third-order valence-corrected chi connectivity index (χ3v) is 6.44. The zero-order valence-electron chi connectivity index (χ0n) is 12.1. The number of hydrogen-bond acceptors (Lipinski definition) is 3. The molecule has 0 N–H and O–H groups in total. The molecule has 1 aromatic carbocycles. The van der Waals surface area contributed by atoms with Gasteiger partial charge in [-0.15, -0.1) is 22.7 Å². The highest BCUT2D eigenvalue weighted by Gasteiger charge is 2.41. The Morgan fingerprint density at radius 3 is 2.00 bits per heavy atom. The monoisotopic (exact) mass is 312 g/mol. The molecule has 0 unspecified atom stereocenters. The van der Waals surface area contributed by atoms with Crippen molar-refractivity contribution in [2.24, 2.45) is 0 Å². The van der Waals surface area contributed by atoms with Gasteiger partial charge in [0.1, 0.15) is 5.75 Å². The van der Waals surface area contributed by atoms with Crippen LogP contribution in [0.25, 0.3) is 9.75 Å². The van der Waals surface area contributed by atoms with Crippen LogP contribution in [0.15, 0.2) is 47.2 Å². The van der Waals surface area contributed by atoms with Gasteiger partial charge in [-0.1, -0.05) is 19.1 Å². The predicted molar refractivity (Wildman–Crippen MR) is 90.8 cm³/mol. The summed E-state index contributed by atoms with van der Waals surface area (Å²) in [5.74, 6) is 0.919. The molecule has 0 aliphatic heterocycles. The molecule has 0 spiro atoms. The van der Waals surface area contributed by atoms with Crippen LogP contribution in [0.1, 0.15) is 23.6 Å². The van der Waals surface area contributed by atoms with Gasteiger partial charge in [0.15, 0.2) is 0 Å². The zero-order chi connectivity index (χ0) is 14.4. The second-order valence-electron chi connectivity index (χ2n) is 5.68. The van der Waals surface area contributed by atoms with Crippen molar-refractivity contribution in [2.75, 3.05) is 7.11 Å². The van der Waals surface area contributed by atoms with Gasteiger partial charge in [0.2, 0.25) is 0 Å². The van der Waals surface area contributed by atoms with Crippen LogP contribution in [0, 0.1) is 0 Å². The summed E-state index contributed by atoms with van der Waals surface area (Å²) in [5.41, 5.74) is 4.43. The van der Waals surface area contributed by atoms with E-state index in [1.807, 2.05) is 22.7 Å². The Labute approximate surface area is 132 Å². The maximum absolute atomic E-state index is 5.26. The number of ether oxygens (including phenoxy) is 1. The van der Waals surface area contributed by atoms with Crippen molar-refractivity contribution in [3.63, 3.8) is 0 Å². The average molecular weight is 312 g/mol.